The van der Waals surface area contributed by atoms with Crippen LogP contribution in [0.3, 0.4) is 0 Å². The molecule has 0 saturated carbocycles. The Bertz CT molecular complexity index is 224. The summed E-state index contributed by atoms with van der Waals surface area (Å²) < 4.78 is 0. The number of pyridine rings is 1. The summed E-state index contributed by atoms with van der Waals surface area (Å²) in [5.74, 6) is 2.14. The van der Waals surface area contributed by atoms with E-state index in [1.807, 2.05) is 37.0 Å². The zero-order chi connectivity index (χ0) is 9.52. The van der Waals surface area contributed by atoms with Crippen LogP contribution >= 0.6 is 11.8 Å². The molecule has 0 aliphatic carbocycles. The maximum Gasteiger partial charge on any atom is 0.0411 e. The highest BCUT2D eigenvalue weighted by Crippen LogP contribution is 2.05. The maximum absolute atomic E-state index is 5.64. The van der Waals surface area contributed by atoms with E-state index in [-0.39, 0.29) is 0 Å². The van der Waals surface area contributed by atoms with Gasteiger partial charge >= 0.3 is 0 Å². The van der Waals surface area contributed by atoms with Gasteiger partial charge in [-0.3, -0.25) is 4.98 Å². The number of nitrogens with two attached hydrogens (primary N) is 1. The summed E-state index contributed by atoms with van der Waals surface area (Å²) in [5, 5.41) is 0. The quantitative estimate of drug-likeness (QED) is 0.729. The van der Waals surface area contributed by atoms with Crippen LogP contribution in [0.2, 0.25) is 0 Å². The van der Waals surface area contributed by atoms with E-state index < -0.39 is 0 Å². The minimum atomic E-state index is 0.300. The van der Waals surface area contributed by atoms with E-state index in [2.05, 4.69) is 11.1 Å². The van der Waals surface area contributed by atoms with E-state index in [0.29, 0.717) is 6.04 Å². The predicted octanol–water partition coefficient (Wildman–Crippen LogP) is 1.70. The molecule has 0 aliphatic heterocycles. The molecule has 0 aromatic carbocycles. The molecule has 1 unspecified atom stereocenters. The molecule has 1 aromatic rings. The molecule has 0 amide bonds. The second-order valence-corrected chi connectivity index (χ2v) is 4.27. The Morgan fingerprint density at radius 3 is 3.00 bits per heavy atom. The van der Waals surface area contributed by atoms with E-state index >= 15 is 0 Å². The SMILES string of the molecule is CC(N)CSCCc1ccccn1. The molecular weight excluding hydrogens is 180 g/mol. The summed E-state index contributed by atoms with van der Waals surface area (Å²) in [4.78, 5) is 4.25. The van der Waals surface area contributed by atoms with Gasteiger partial charge in [-0.25, -0.2) is 0 Å². The van der Waals surface area contributed by atoms with Crippen LogP contribution < -0.4 is 5.73 Å². The lowest BCUT2D eigenvalue weighted by atomic mass is 10.3. The van der Waals surface area contributed by atoms with E-state index in [1.165, 1.54) is 5.69 Å². The first-order valence-electron chi connectivity index (χ1n) is 4.52. The highest BCUT2D eigenvalue weighted by molar-refractivity contribution is 7.99. The van der Waals surface area contributed by atoms with Crippen molar-refractivity contribution in [2.75, 3.05) is 11.5 Å². The molecule has 2 N–H and O–H groups in total. The summed E-state index contributed by atoms with van der Waals surface area (Å²) in [6.07, 6.45) is 2.88. The molecular formula is C10H16N2S. The summed E-state index contributed by atoms with van der Waals surface area (Å²) in [6, 6.07) is 6.33. The second kappa shape index (κ2) is 6.00. The van der Waals surface area contributed by atoms with Crippen LogP contribution in [-0.2, 0) is 6.42 Å². The summed E-state index contributed by atoms with van der Waals surface area (Å²) in [5.41, 5.74) is 6.80. The highest BCUT2D eigenvalue weighted by Gasteiger charge is 1.96. The van der Waals surface area contributed by atoms with Crippen molar-refractivity contribution in [3.63, 3.8) is 0 Å². The lowest BCUT2D eigenvalue weighted by Crippen LogP contribution is -2.17. The summed E-state index contributed by atoms with van der Waals surface area (Å²) in [6.45, 7) is 2.04. The third kappa shape index (κ3) is 4.90. The number of nitrogens with zero attached hydrogens (tertiary/aromatic N) is 1. The zero-order valence-corrected chi connectivity index (χ0v) is 8.76. The topological polar surface area (TPSA) is 38.9 Å². The van der Waals surface area contributed by atoms with Crippen molar-refractivity contribution in [2.24, 2.45) is 5.73 Å². The molecule has 13 heavy (non-hydrogen) atoms. The monoisotopic (exact) mass is 196 g/mol. The number of hydrogen-bond acceptors (Lipinski definition) is 3. The standard InChI is InChI=1S/C10H16N2S/c1-9(11)8-13-7-5-10-4-2-3-6-12-10/h2-4,6,9H,5,7-8,11H2,1H3. The van der Waals surface area contributed by atoms with Gasteiger partial charge in [-0.2, -0.15) is 11.8 Å². The molecule has 0 fully saturated rings. The molecule has 2 nitrogen and oxygen atoms in total. The van der Waals surface area contributed by atoms with Crippen LogP contribution in [0.5, 0.6) is 0 Å². The van der Waals surface area contributed by atoms with Gasteiger partial charge in [0.15, 0.2) is 0 Å². The minimum Gasteiger partial charge on any atom is -0.327 e. The van der Waals surface area contributed by atoms with E-state index in [0.717, 1.165) is 17.9 Å². The normalized spacial score (nSPS) is 12.8. The van der Waals surface area contributed by atoms with Gasteiger partial charge in [0, 0.05) is 23.7 Å². The number of rotatable bonds is 5. The Morgan fingerprint density at radius 1 is 1.54 bits per heavy atom. The minimum absolute atomic E-state index is 0.300. The van der Waals surface area contributed by atoms with E-state index in [1.54, 1.807) is 0 Å². The average Bonchev–Trinajstić information content (AvgIpc) is 2.14. The molecule has 0 saturated heterocycles. The van der Waals surface area contributed by atoms with Crippen LogP contribution in [0.25, 0.3) is 0 Å². The largest absolute Gasteiger partial charge is 0.327 e. The zero-order valence-electron chi connectivity index (χ0n) is 7.94. The summed E-state index contributed by atoms with van der Waals surface area (Å²) >= 11 is 1.89. The van der Waals surface area contributed by atoms with Crippen molar-refractivity contribution in [3.8, 4) is 0 Å². The Morgan fingerprint density at radius 2 is 2.38 bits per heavy atom. The number of hydrogen-bond donors (Lipinski definition) is 1. The number of aromatic nitrogens is 1. The molecule has 1 heterocycles. The molecule has 1 aromatic heterocycles. The fourth-order valence-electron chi connectivity index (χ4n) is 0.992. The first-order valence-corrected chi connectivity index (χ1v) is 5.68. The van der Waals surface area contributed by atoms with Crippen molar-refractivity contribution in [3.05, 3.63) is 30.1 Å². The van der Waals surface area contributed by atoms with Crippen LogP contribution in [0.15, 0.2) is 24.4 Å². The van der Waals surface area contributed by atoms with Crippen LogP contribution in [0, 0.1) is 0 Å². The van der Waals surface area contributed by atoms with Gasteiger partial charge in [0.2, 0.25) is 0 Å². The molecule has 0 spiro atoms. The highest BCUT2D eigenvalue weighted by atomic mass is 32.2. The van der Waals surface area contributed by atoms with E-state index in [4.69, 9.17) is 5.73 Å². The van der Waals surface area contributed by atoms with Gasteiger partial charge in [-0.05, 0) is 31.2 Å². The van der Waals surface area contributed by atoms with Gasteiger partial charge in [-0.15, -0.1) is 0 Å². The molecule has 0 bridgehead atoms. The first-order chi connectivity index (χ1) is 6.29. The Hall–Kier alpha value is -0.540. The van der Waals surface area contributed by atoms with Gasteiger partial charge in [0.25, 0.3) is 0 Å². The van der Waals surface area contributed by atoms with E-state index in [9.17, 15) is 0 Å². The van der Waals surface area contributed by atoms with Crippen LogP contribution in [-0.4, -0.2) is 22.5 Å². The predicted molar refractivity (Wildman–Crippen MR) is 58.9 cm³/mol. The number of aryl methyl sites for hydroxylation is 1. The van der Waals surface area contributed by atoms with Crippen molar-refractivity contribution in [2.45, 2.75) is 19.4 Å². The lowest BCUT2D eigenvalue weighted by Gasteiger charge is -2.03. The molecule has 0 radical (unpaired) electrons. The molecule has 0 aliphatic rings. The maximum atomic E-state index is 5.64. The lowest BCUT2D eigenvalue weighted by molar-refractivity contribution is 0.846. The van der Waals surface area contributed by atoms with Crippen molar-refractivity contribution in [1.82, 2.24) is 4.98 Å². The average molecular weight is 196 g/mol. The fourth-order valence-corrected chi connectivity index (χ4v) is 1.88. The summed E-state index contributed by atoms with van der Waals surface area (Å²) in [7, 11) is 0. The van der Waals surface area contributed by atoms with Gasteiger partial charge in [0.05, 0.1) is 0 Å². The Labute approximate surface area is 83.9 Å². The van der Waals surface area contributed by atoms with Gasteiger partial charge in [-0.1, -0.05) is 6.07 Å². The smallest absolute Gasteiger partial charge is 0.0411 e. The Kier molecular flexibility index (Phi) is 4.86. The van der Waals surface area contributed by atoms with Crippen molar-refractivity contribution >= 4 is 11.8 Å². The van der Waals surface area contributed by atoms with Gasteiger partial charge in [0.1, 0.15) is 0 Å². The third-order valence-corrected chi connectivity index (χ3v) is 2.86. The van der Waals surface area contributed by atoms with Crippen LogP contribution in [0.1, 0.15) is 12.6 Å². The Balaban J connectivity index is 2.13. The fraction of sp³-hybridized carbons (Fsp3) is 0.500. The molecule has 1 atom stereocenters. The van der Waals surface area contributed by atoms with Crippen LogP contribution in [0.4, 0.5) is 0 Å². The van der Waals surface area contributed by atoms with Crippen molar-refractivity contribution in [1.29, 1.82) is 0 Å². The molecule has 72 valence electrons. The van der Waals surface area contributed by atoms with Gasteiger partial charge < -0.3 is 5.73 Å². The number of thioether (sulfide) groups is 1. The second-order valence-electron chi connectivity index (χ2n) is 3.12. The first kappa shape index (κ1) is 10.5. The molecule has 3 heteroatoms. The third-order valence-electron chi connectivity index (χ3n) is 1.61. The molecule has 1 rings (SSSR count). The van der Waals surface area contributed by atoms with Crippen molar-refractivity contribution < 1.29 is 0 Å².